The zero-order valence-corrected chi connectivity index (χ0v) is 16.3. The molecule has 27 heavy (non-hydrogen) atoms. The quantitative estimate of drug-likeness (QED) is 0.682. The largest absolute Gasteiger partial charge is 0.491 e. The molecule has 0 radical (unpaired) electrons. The van der Waals surface area contributed by atoms with Crippen molar-refractivity contribution in [1.29, 1.82) is 0 Å². The summed E-state index contributed by atoms with van der Waals surface area (Å²) in [6.45, 7) is 0.460. The summed E-state index contributed by atoms with van der Waals surface area (Å²) in [4.78, 5) is 20.9. The van der Waals surface area contributed by atoms with Crippen molar-refractivity contribution in [3.05, 3.63) is 45.8 Å². The highest BCUT2D eigenvalue weighted by Gasteiger charge is 2.45. The highest BCUT2D eigenvalue weighted by atomic mass is 35.5. The van der Waals surface area contributed by atoms with Crippen molar-refractivity contribution in [3.63, 3.8) is 0 Å². The maximum Gasteiger partial charge on any atom is 0.358 e. The second-order valence-electron chi connectivity index (χ2n) is 7.01. The van der Waals surface area contributed by atoms with E-state index in [1.165, 1.54) is 7.11 Å². The van der Waals surface area contributed by atoms with Gasteiger partial charge in [-0.3, -0.25) is 0 Å². The van der Waals surface area contributed by atoms with Crippen LogP contribution in [0.1, 0.15) is 47.9 Å². The lowest BCUT2D eigenvalue weighted by molar-refractivity contribution is 0.0593. The first-order valence-corrected chi connectivity index (χ1v) is 9.57. The highest BCUT2D eigenvalue weighted by molar-refractivity contribution is 6.35. The van der Waals surface area contributed by atoms with Gasteiger partial charge in [-0.2, -0.15) is 0 Å². The van der Waals surface area contributed by atoms with Gasteiger partial charge in [-0.05, 0) is 49.9 Å². The van der Waals surface area contributed by atoms with Crippen LogP contribution in [0.25, 0.3) is 0 Å². The molecular formula is C19H19Cl2N3O3. The molecule has 8 heteroatoms. The summed E-state index contributed by atoms with van der Waals surface area (Å²) in [7, 11) is 1.31. The van der Waals surface area contributed by atoms with Gasteiger partial charge in [-0.25, -0.2) is 14.8 Å². The molecule has 1 heterocycles. The third-order valence-corrected chi connectivity index (χ3v) is 5.37. The van der Waals surface area contributed by atoms with Crippen LogP contribution in [0.4, 0.5) is 5.82 Å². The van der Waals surface area contributed by atoms with Crippen LogP contribution in [0.5, 0.6) is 5.75 Å². The Kier molecular flexibility index (Phi) is 4.86. The van der Waals surface area contributed by atoms with Crippen molar-refractivity contribution in [2.75, 3.05) is 19.0 Å². The number of carbonyl (C=O) groups excluding carboxylic acids is 1. The summed E-state index contributed by atoms with van der Waals surface area (Å²) in [5.74, 6) is 1.57. The maximum atomic E-state index is 12.0. The fourth-order valence-electron chi connectivity index (χ4n) is 2.76. The van der Waals surface area contributed by atoms with Gasteiger partial charge in [0.25, 0.3) is 0 Å². The molecule has 0 unspecified atom stereocenters. The van der Waals surface area contributed by atoms with Crippen molar-refractivity contribution in [2.45, 2.75) is 37.1 Å². The van der Waals surface area contributed by atoms with Crippen molar-refractivity contribution in [2.24, 2.45) is 0 Å². The minimum absolute atomic E-state index is 0.105. The Balaban J connectivity index is 1.53. The predicted molar refractivity (Wildman–Crippen MR) is 103 cm³/mol. The number of hydrogen-bond donors (Lipinski definition) is 1. The lowest BCUT2D eigenvalue weighted by atomic mass is 10.2. The Hall–Kier alpha value is -2.05. The van der Waals surface area contributed by atoms with E-state index in [0.717, 1.165) is 31.4 Å². The molecule has 0 saturated heterocycles. The maximum absolute atomic E-state index is 12.0. The molecule has 1 aromatic carbocycles. The molecule has 2 aromatic rings. The van der Waals surface area contributed by atoms with E-state index in [-0.39, 0.29) is 22.2 Å². The van der Waals surface area contributed by atoms with Gasteiger partial charge in [0.2, 0.25) is 0 Å². The number of carbonyl (C=O) groups is 1. The minimum atomic E-state index is -0.561. The van der Waals surface area contributed by atoms with E-state index in [4.69, 9.17) is 32.7 Å². The van der Waals surface area contributed by atoms with Crippen LogP contribution in [0, 0.1) is 0 Å². The molecule has 142 valence electrons. The number of methoxy groups -OCH3 is 1. The van der Waals surface area contributed by atoms with Crippen LogP contribution < -0.4 is 10.1 Å². The second-order valence-corrected chi connectivity index (χ2v) is 7.82. The van der Waals surface area contributed by atoms with E-state index in [9.17, 15) is 4.79 Å². The molecule has 0 amide bonds. The number of halogens is 2. The summed E-state index contributed by atoms with van der Waals surface area (Å²) in [6, 6.07) is 7.23. The van der Waals surface area contributed by atoms with Gasteiger partial charge in [0.05, 0.1) is 12.6 Å². The smallest absolute Gasteiger partial charge is 0.358 e. The molecular weight excluding hydrogens is 389 g/mol. The van der Waals surface area contributed by atoms with E-state index >= 15 is 0 Å². The van der Waals surface area contributed by atoms with Crippen molar-refractivity contribution in [3.8, 4) is 5.75 Å². The lowest BCUT2D eigenvalue weighted by Gasteiger charge is -2.20. The molecule has 0 atom stereocenters. The fourth-order valence-corrected chi connectivity index (χ4v) is 3.10. The molecule has 1 aromatic heterocycles. The van der Waals surface area contributed by atoms with Gasteiger partial charge in [0.15, 0.2) is 5.69 Å². The van der Waals surface area contributed by atoms with Gasteiger partial charge in [0.1, 0.15) is 29.0 Å². The van der Waals surface area contributed by atoms with Crippen LogP contribution in [0.2, 0.25) is 10.0 Å². The summed E-state index contributed by atoms with van der Waals surface area (Å²) in [5.41, 5.74) is -0.153. The fraction of sp³-hybridized carbons (Fsp3) is 0.421. The molecule has 2 saturated carbocycles. The third kappa shape index (κ3) is 4.12. The Morgan fingerprint density at radius 2 is 1.93 bits per heavy atom. The SMILES string of the molecule is COC(=O)c1nc(C2CC2)nc(NC2(COc3ccc(Cl)cc3)CC2)c1Cl. The van der Waals surface area contributed by atoms with Crippen LogP contribution in [-0.4, -0.2) is 35.2 Å². The number of hydrogen-bond acceptors (Lipinski definition) is 6. The minimum Gasteiger partial charge on any atom is -0.491 e. The van der Waals surface area contributed by atoms with E-state index in [0.29, 0.717) is 23.3 Å². The van der Waals surface area contributed by atoms with Gasteiger partial charge in [-0.1, -0.05) is 23.2 Å². The van der Waals surface area contributed by atoms with Crippen molar-refractivity contribution < 1.29 is 14.3 Å². The third-order valence-electron chi connectivity index (χ3n) is 4.76. The number of nitrogens with zero attached hydrogens (tertiary/aromatic N) is 2. The first-order chi connectivity index (χ1) is 13.0. The number of ether oxygens (including phenoxy) is 2. The number of aromatic nitrogens is 2. The number of esters is 1. The summed E-state index contributed by atoms with van der Waals surface area (Å²) in [5, 5.41) is 4.23. The monoisotopic (exact) mass is 407 g/mol. The van der Waals surface area contributed by atoms with Crippen molar-refractivity contribution >= 4 is 35.0 Å². The average molecular weight is 408 g/mol. The van der Waals surface area contributed by atoms with Crippen LogP contribution >= 0.6 is 23.2 Å². The molecule has 2 fully saturated rings. The average Bonchev–Trinajstić information content (AvgIpc) is 3.58. The molecule has 4 rings (SSSR count). The van der Waals surface area contributed by atoms with Crippen LogP contribution in [0.15, 0.2) is 24.3 Å². The molecule has 0 bridgehead atoms. The summed E-state index contributed by atoms with van der Waals surface area (Å²) >= 11 is 12.3. The Labute approximate surface area is 167 Å². The molecule has 0 aliphatic heterocycles. The number of benzene rings is 1. The van der Waals surface area contributed by atoms with E-state index in [1.54, 1.807) is 12.1 Å². The highest BCUT2D eigenvalue weighted by Crippen LogP contribution is 2.43. The first kappa shape index (κ1) is 18.3. The zero-order valence-electron chi connectivity index (χ0n) is 14.8. The van der Waals surface area contributed by atoms with E-state index in [2.05, 4.69) is 15.3 Å². The van der Waals surface area contributed by atoms with Gasteiger partial charge in [-0.15, -0.1) is 0 Å². The van der Waals surface area contributed by atoms with Crippen LogP contribution in [0.3, 0.4) is 0 Å². The molecule has 1 N–H and O–H groups in total. The number of nitrogens with one attached hydrogen (secondary N) is 1. The Morgan fingerprint density at radius 3 is 2.52 bits per heavy atom. The Bertz CT molecular complexity index is 865. The van der Waals surface area contributed by atoms with Gasteiger partial charge < -0.3 is 14.8 Å². The predicted octanol–water partition coefficient (Wildman–Crippen LogP) is 4.47. The van der Waals surface area contributed by atoms with Gasteiger partial charge in [0, 0.05) is 10.9 Å². The number of rotatable bonds is 7. The topological polar surface area (TPSA) is 73.3 Å². The van der Waals surface area contributed by atoms with Crippen molar-refractivity contribution in [1.82, 2.24) is 9.97 Å². The summed E-state index contributed by atoms with van der Waals surface area (Å²) < 4.78 is 10.7. The molecule has 0 spiro atoms. The van der Waals surface area contributed by atoms with E-state index < -0.39 is 5.97 Å². The number of anilines is 1. The standard InChI is InChI=1S/C19H19Cl2N3O3/c1-26-18(25)15-14(21)17(23-16(22-15)11-2-3-11)24-19(8-9-19)10-27-13-6-4-12(20)5-7-13/h4-7,11H,2-3,8-10H2,1H3,(H,22,23,24). The molecule has 2 aliphatic carbocycles. The van der Waals surface area contributed by atoms with Gasteiger partial charge >= 0.3 is 5.97 Å². The van der Waals surface area contributed by atoms with E-state index in [1.807, 2.05) is 12.1 Å². The second kappa shape index (κ2) is 7.17. The molecule has 6 nitrogen and oxygen atoms in total. The zero-order chi connectivity index (χ0) is 19.0. The normalized spacial score (nSPS) is 17.3. The first-order valence-electron chi connectivity index (χ1n) is 8.82. The molecule has 2 aliphatic rings. The summed E-state index contributed by atoms with van der Waals surface area (Å²) in [6.07, 6.45) is 3.89. The lowest BCUT2D eigenvalue weighted by Crippen LogP contribution is -2.30. The Morgan fingerprint density at radius 1 is 1.22 bits per heavy atom. The van der Waals surface area contributed by atoms with Crippen LogP contribution in [-0.2, 0) is 4.74 Å².